The van der Waals surface area contributed by atoms with Gasteiger partial charge >= 0.3 is 12.1 Å². The minimum Gasteiger partial charge on any atom is -0.481 e. The van der Waals surface area contributed by atoms with Crippen molar-refractivity contribution in [3.63, 3.8) is 0 Å². The highest BCUT2D eigenvalue weighted by Gasteiger charge is 2.47. The third kappa shape index (κ3) is 3.75. The number of hydrogen-bond donors (Lipinski definition) is 1. The average molecular weight is 311 g/mol. The van der Waals surface area contributed by atoms with Crippen molar-refractivity contribution in [3.05, 3.63) is 36.1 Å². The van der Waals surface area contributed by atoms with Crippen molar-refractivity contribution in [1.82, 2.24) is 4.90 Å². The number of halogens is 3. The van der Waals surface area contributed by atoms with Gasteiger partial charge in [-0.15, -0.1) is 0 Å². The standard InChI is InChI=1S/C15H17BF3NO2/c16-14(15(17,18)19)7-2-1-3-12(9-14)20-8-6-11(10-20)4-5-13(21)22/h1-3,7,9,11H,4-6,8,10H2,(H,21,22). The van der Waals surface area contributed by atoms with E-state index in [0.29, 0.717) is 25.2 Å². The Balaban J connectivity index is 2.10. The maximum absolute atomic E-state index is 13.1. The van der Waals surface area contributed by atoms with Crippen LogP contribution in [-0.2, 0) is 4.79 Å². The molecule has 1 aliphatic heterocycles. The first-order valence-electron chi connectivity index (χ1n) is 7.12. The molecule has 0 aromatic heterocycles. The Bertz CT molecular complexity index is 527. The number of rotatable bonds is 4. The third-order valence-corrected chi connectivity index (χ3v) is 4.05. The largest absolute Gasteiger partial charge is 0.481 e. The van der Waals surface area contributed by atoms with Gasteiger partial charge in [-0.25, -0.2) is 0 Å². The number of allylic oxidation sites excluding steroid dienone is 5. The Kier molecular flexibility index (Phi) is 4.73. The number of alkyl halides is 3. The fourth-order valence-electron chi connectivity index (χ4n) is 2.71. The Morgan fingerprint density at radius 2 is 2.18 bits per heavy atom. The average Bonchev–Trinajstić information content (AvgIpc) is 2.78. The molecule has 0 saturated carbocycles. The van der Waals surface area contributed by atoms with E-state index >= 15 is 0 Å². The highest BCUT2D eigenvalue weighted by Crippen LogP contribution is 2.46. The van der Waals surface area contributed by atoms with Gasteiger partial charge in [0.2, 0.25) is 0 Å². The summed E-state index contributed by atoms with van der Waals surface area (Å²) in [6, 6.07) is 0. The molecule has 1 N–H and O–H groups in total. The summed E-state index contributed by atoms with van der Waals surface area (Å²) in [5.41, 5.74) is 0.433. The number of carboxylic acid groups (broad SMARTS) is 1. The summed E-state index contributed by atoms with van der Waals surface area (Å²) in [7, 11) is 5.49. The number of aliphatic carboxylic acids is 1. The van der Waals surface area contributed by atoms with Gasteiger partial charge < -0.3 is 10.0 Å². The van der Waals surface area contributed by atoms with E-state index in [2.05, 4.69) is 0 Å². The summed E-state index contributed by atoms with van der Waals surface area (Å²) in [6.07, 6.45) is 3.24. The Labute approximate surface area is 128 Å². The zero-order valence-corrected chi connectivity index (χ0v) is 12.0. The van der Waals surface area contributed by atoms with Crippen LogP contribution in [0.1, 0.15) is 19.3 Å². The molecule has 0 spiro atoms. The molecule has 2 radical (unpaired) electrons. The molecule has 1 heterocycles. The van der Waals surface area contributed by atoms with Crippen molar-refractivity contribution in [2.24, 2.45) is 5.92 Å². The predicted octanol–water partition coefficient (Wildman–Crippen LogP) is 3.07. The molecule has 118 valence electrons. The van der Waals surface area contributed by atoms with Crippen LogP contribution >= 0.6 is 0 Å². The van der Waals surface area contributed by atoms with Crippen LogP contribution in [0.15, 0.2) is 36.1 Å². The molecule has 0 bridgehead atoms. The number of nitrogens with zero attached hydrogens (tertiary/aromatic N) is 1. The molecule has 2 atom stereocenters. The summed E-state index contributed by atoms with van der Waals surface area (Å²) in [6.45, 7) is 1.16. The smallest absolute Gasteiger partial charge is 0.393 e. The van der Waals surface area contributed by atoms with Crippen LogP contribution in [-0.4, -0.2) is 43.1 Å². The second-order valence-corrected chi connectivity index (χ2v) is 5.75. The lowest BCUT2D eigenvalue weighted by Crippen LogP contribution is -2.30. The molecule has 2 aliphatic rings. The van der Waals surface area contributed by atoms with Gasteiger partial charge in [0.15, 0.2) is 0 Å². The van der Waals surface area contributed by atoms with Crippen LogP contribution < -0.4 is 0 Å². The Morgan fingerprint density at radius 1 is 1.45 bits per heavy atom. The topological polar surface area (TPSA) is 40.5 Å². The molecule has 7 heteroatoms. The van der Waals surface area contributed by atoms with Crippen molar-refractivity contribution in [2.75, 3.05) is 13.1 Å². The van der Waals surface area contributed by atoms with Gasteiger partial charge in [0, 0.05) is 25.2 Å². The summed E-state index contributed by atoms with van der Waals surface area (Å²) >= 11 is 0. The summed E-state index contributed by atoms with van der Waals surface area (Å²) < 4.78 is 39.4. The highest BCUT2D eigenvalue weighted by atomic mass is 19.4. The van der Waals surface area contributed by atoms with Gasteiger partial charge in [-0.3, -0.25) is 4.79 Å². The monoisotopic (exact) mass is 311 g/mol. The quantitative estimate of drug-likeness (QED) is 0.811. The van der Waals surface area contributed by atoms with Crippen LogP contribution in [0.5, 0.6) is 0 Å². The molecule has 2 unspecified atom stereocenters. The molecule has 1 saturated heterocycles. The van der Waals surface area contributed by atoms with Crippen LogP contribution in [0, 0.1) is 5.92 Å². The Hall–Kier alpha value is -1.66. The first-order chi connectivity index (χ1) is 10.2. The van der Waals surface area contributed by atoms with Crippen LogP contribution in [0.2, 0.25) is 5.31 Å². The van der Waals surface area contributed by atoms with Gasteiger partial charge in [0.1, 0.15) is 0 Å². The maximum Gasteiger partial charge on any atom is 0.393 e. The molecule has 0 aromatic carbocycles. The minimum atomic E-state index is -4.57. The van der Waals surface area contributed by atoms with Crippen molar-refractivity contribution >= 4 is 13.8 Å². The number of hydrogen-bond acceptors (Lipinski definition) is 2. The lowest BCUT2D eigenvalue weighted by atomic mass is 9.67. The molecule has 22 heavy (non-hydrogen) atoms. The minimum absolute atomic E-state index is 0.0817. The highest BCUT2D eigenvalue weighted by molar-refractivity contribution is 6.19. The first-order valence-corrected chi connectivity index (χ1v) is 7.12. The van der Waals surface area contributed by atoms with E-state index in [0.717, 1.165) is 18.6 Å². The number of carboxylic acids is 1. The van der Waals surface area contributed by atoms with Gasteiger partial charge in [-0.2, -0.15) is 13.2 Å². The second-order valence-electron chi connectivity index (χ2n) is 5.75. The third-order valence-electron chi connectivity index (χ3n) is 4.05. The Morgan fingerprint density at radius 3 is 2.82 bits per heavy atom. The summed E-state index contributed by atoms with van der Waals surface area (Å²) in [4.78, 5) is 12.4. The second kappa shape index (κ2) is 6.22. The van der Waals surface area contributed by atoms with Crippen molar-refractivity contribution in [1.29, 1.82) is 0 Å². The number of carbonyl (C=O) groups is 1. The lowest BCUT2D eigenvalue weighted by molar-refractivity contribution is -0.142. The van der Waals surface area contributed by atoms with E-state index in [9.17, 15) is 18.0 Å². The normalized spacial score (nSPS) is 28.6. The molecule has 2 rings (SSSR count). The van der Waals surface area contributed by atoms with Crippen molar-refractivity contribution in [3.8, 4) is 0 Å². The zero-order chi connectivity index (χ0) is 16.4. The van der Waals surface area contributed by atoms with Crippen molar-refractivity contribution < 1.29 is 23.1 Å². The molecule has 0 amide bonds. The molecule has 1 fully saturated rings. The SMILES string of the molecule is [B]C1(C(F)(F)F)C=CC=CC(N2CCC(CCC(=O)O)C2)=C1. The molecular formula is C15H17BF3NO2. The predicted molar refractivity (Wildman–Crippen MR) is 77.4 cm³/mol. The fourth-order valence-corrected chi connectivity index (χ4v) is 2.71. The summed E-state index contributed by atoms with van der Waals surface area (Å²) in [5, 5.41) is 6.22. The van der Waals surface area contributed by atoms with Crippen LogP contribution in [0.3, 0.4) is 0 Å². The van der Waals surface area contributed by atoms with Gasteiger partial charge in [0.25, 0.3) is 0 Å². The van der Waals surface area contributed by atoms with Gasteiger partial charge in [-0.1, -0.05) is 24.3 Å². The van der Waals surface area contributed by atoms with Crippen molar-refractivity contribution in [2.45, 2.75) is 30.8 Å². The molecular weight excluding hydrogens is 294 g/mol. The molecule has 1 aliphatic carbocycles. The van der Waals surface area contributed by atoms with E-state index in [1.54, 1.807) is 6.08 Å². The number of likely N-dealkylation sites (tertiary alicyclic amines) is 1. The molecule has 3 nitrogen and oxygen atoms in total. The summed E-state index contributed by atoms with van der Waals surface area (Å²) in [5.74, 6) is -0.672. The van der Waals surface area contributed by atoms with Crippen LogP contribution in [0.4, 0.5) is 13.2 Å². The van der Waals surface area contributed by atoms with E-state index < -0.39 is 17.5 Å². The lowest BCUT2D eigenvalue weighted by Gasteiger charge is -2.29. The first kappa shape index (κ1) is 16.7. The van der Waals surface area contributed by atoms with E-state index in [-0.39, 0.29) is 12.3 Å². The van der Waals surface area contributed by atoms with Gasteiger partial charge in [0.05, 0.1) is 13.2 Å². The van der Waals surface area contributed by atoms with E-state index in [4.69, 9.17) is 13.0 Å². The van der Waals surface area contributed by atoms with Crippen LogP contribution in [0.25, 0.3) is 0 Å². The fraction of sp³-hybridized carbons (Fsp3) is 0.533. The molecule has 0 aromatic rings. The zero-order valence-electron chi connectivity index (χ0n) is 12.0. The van der Waals surface area contributed by atoms with E-state index in [1.807, 2.05) is 4.90 Å². The maximum atomic E-state index is 13.1. The van der Waals surface area contributed by atoms with Gasteiger partial charge in [-0.05, 0) is 24.8 Å². The van der Waals surface area contributed by atoms with E-state index in [1.165, 1.54) is 12.2 Å².